The number of rotatable bonds is 6. The van der Waals surface area contributed by atoms with Crippen LogP contribution in [0.5, 0.6) is 0 Å². The molecule has 7 heteroatoms. The Kier molecular flexibility index (Phi) is 9.93. The van der Waals surface area contributed by atoms with Gasteiger partial charge in [0.15, 0.2) is 5.96 Å². The second-order valence-corrected chi connectivity index (χ2v) is 5.54. The summed E-state index contributed by atoms with van der Waals surface area (Å²) >= 11 is 0. The van der Waals surface area contributed by atoms with Crippen molar-refractivity contribution in [1.82, 2.24) is 10.3 Å². The van der Waals surface area contributed by atoms with E-state index in [1.807, 2.05) is 12.3 Å². The van der Waals surface area contributed by atoms with Crippen LogP contribution in [0, 0.1) is 0 Å². The van der Waals surface area contributed by atoms with Crippen molar-refractivity contribution >= 4 is 35.8 Å². The Balaban J connectivity index is 0.00000264. The molecule has 0 bridgehead atoms. The summed E-state index contributed by atoms with van der Waals surface area (Å²) in [5.74, 6) is 1.51. The third kappa shape index (κ3) is 7.34. The number of pyridine rings is 1. The number of methoxy groups -OCH3 is 1. The lowest BCUT2D eigenvalue weighted by molar-refractivity contribution is 0.204. The molecule has 1 fully saturated rings. The molecule has 1 aliphatic rings. The number of anilines is 1. The maximum atomic E-state index is 5.82. The lowest BCUT2D eigenvalue weighted by Gasteiger charge is -2.21. The number of aromatic nitrogens is 1. The van der Waals surface area contributed by atoms with Gasteiger partial charge in [0.25, 0.3) is 0 Å². The summed E-state index contributed by atoms with van der Waals surface area (Å²) in [6, 6.07) is 4.12. The molecule has 130 valence electrons. The zero-order chi connectivity index (χ0) is 15.6. The third-order valence-electron chi connectivity index (χ3n) is 3.78. The number of hydrogen-bond donors (Lipinski definition) is 2. The van der Waals surface area contributed by atoms with E-state index in [4.69, 9.17) is 10.5 Å². The summed E-state index contributed by atoms with van der Waals surface area (Å²) in [5.41, 5.74) is 6.95. The standard InChI is InChI=1S/C16H27N5O.HI/c1-22-11-8-19-16(17)20-13-14-6-7-18-15(12-14)21-9-4-2-3-5-10-21;/h6-7,12H,2-5,8-11,13H2,1H3,(H3,17,19,20);1H. The van der Waals surface area contributed by atoms with Gasteiger partial charge in [-0.25, -0.2) is 9.98 Å². The van der Waals surface area contributed by atoms with E-state index in [-0.39, 0.29) is 24.0 Å². The number of aliphatic imine (C=N–C) groups is 1. The summed E-state index contributed by atoms with van der Waals surface area (Å²) in [5, 5.41) is 3.02. The molecule has 0 unspecified atom stereocenters. The summed E-state index contributed by atoms with van der Waals surface area (Å²) in [4.78, 5) is 11.2. The number of nitrogens with one attached hydrogen (secondary N) is 1. The number of nitrogens with zero attached hydrogens (tertiary/aromatic N) is 3. The van der Waals surface area contributed by atoms with Crippen LogP contribution in [0.2, 0.25) is 0 Å². The minimum Gasteiger partial charge on any atom is -0.383 e. The molecule has 6 nitrogen and oxygen atoms in total. The van der Waals surface area contributed by atoms with Crippen molar-refractivity contribution in [3.8, 4) is 0 Å². The maximum absolute atomic E-state index is 5.82. The van der Waals surface area contributed by atoms with Crippen molar-refractivity contribution in [2.45, 2.75) is 32.2 Å². The van der Waals surface area contributed by atoms with Crippen LogP contribution in [0.15, 0.2) is 23.3 Å². The molecule has 1 saturated heterocycles. The van der Waals surface area contributed by atoms with Gasteiger partial charge in [-0.2, -0.15) is 0 Å². The highest BCUT2D eigenvalue weighted by atomic mass is 127. The van der Waals surface area contributed by atoms with Crippen molar-refractivity contribution in [3.63, 3.8) is 0 Å². The SMILES string of the molecule is COCCNC(N)=NCc1ccnc(N2CCCCCC2)c1.I. The largest absolute Gasteiger partial charge is 0.383 e. The van der Waals surface area contributed by atoms with Gasteiger partial charge in [0.05, 0.1) is 13.2 Å². The Bertz CT molecular complexity index is 475. The van der Waals surface area contributed by atoms with E-state index in [0.29, 0.717) is 25.7 Å². The lowest BCUT2D eigenvalue weighted by Crippen LogP contribution is -2.34. The number of guanidine groups is 1. The molecule has 0 saturated carbocycles. The maximum Gasteiger partial charge on any atom is 0.188 e. The number of nitrogens with two attached hydrogens (primary N) is 1. The zero-order valence-corrected chi connectivity index (χ0v) is 16.2. The van der Waals surface area contributed by atoms with Crippen molar-refractivity contribution < 1.29 is 4.74 Å². The second kappa shape index (κ2) is 11.4. The van der Waals surface area contributed by atoms with Crippen molar-refractivity contribution in [2.75, 3.05) is 38.3 Å². The van der Waals surface area contributed by atoms with E-state index in [1.165, 1.54) is 25.7 Å². The predicted octanol–water partition coefficient (Wildman–Crippen LogP) is 2.13. The van der Waals surface area contributed by atoms with Gasteiger partial charge in [-0.05, 0) is 30.5 Å². The van der Waals surface area contributed by atoms with Gasteiger partial charge in [0.1, 0.15) is 5.82 Å². The predicted molar refractivity (Wildman–Crippen MR) is 106 cm³/mol. The van der Waals surface area contributed by atoms with E-state index >= 15 is 0 Å². The highest BCUT2D eigenvalue weighted by Crippen LogP contribution is 2.18. The summed E-state index contributed by atoms with van der Waals surface area (Å²) < 4.78 is 4.96. The van der Waals surface area contributed by atoms with Crippen LogP contribution in [0.1, 0.15) is 31.2 Å². The average molecular weight is 433 g/mol. The molecule has 23 heavy (non-hydrogen) atoms. The Hall–Kier alpha value is -1.09. The summed E-state index contributed by atoms with van der Waals surface area (Å²) in [6.07, 6.45) is 7.01. The molecule has 2 heterocycles. The number of halogens is 1. The molecule has 0 spiro atoms. The van der Waals surface area contributed by atoms with Gasteiger partial charge in [0, 0.05) is 32.9 Å². The molecule has 1 aromatic heterocycles. The number of ether oxygens (including phenoxy) is 1. The van der Waals surface area contributed by atoms with Gasteiger partial charge in [0.2, 0.25) is 0 Å². The molecule has 3 N–H and O–H groups in total. The molecule has 0 atom stereocenters. The summed E-state index contributed by atoms with van der Waals surface area (Å²) in [6.45, 7) is 4.04. The molecule has 2 rings (SSSR count). The first kappa shape index (κ1) is 20.0. The van der Waals surface area contributed by atoms with E-state index in [2.05, 4.69) is 26.3 Å². The summed E-state index contributed by atoms with van der Waals surface area (Å²) in [7, 11) is 1.66. The van der Waals surface area contributed by atoms with Gasteiger partial charge in [-0.15, -0.1) is 24.0 Å². The van der Waals surface area contributed by atoms with Crippen LogP contribution in [0.25, 0.3) is 0 Å². The van der Waals surface area contributed by atoms with E-state index in [1.54, 1.807) is 7.11 Å². The fourth-order valence-electron chi connectivity index (χ4n) is 2.55. The van der Waals surface area contributed by atoms with Gasteiger partial charge in [-0.3, -0.25) is 0 Å². The topological polar surface area (TPSA) is 75.8 Å². The van der Waals surface area contributed by atoms with Crippen LogP contribution >= 0.6 is 24.0 Å². The first-order valence-corrected chi connectivity index (χ1v) is 8.02. The molecular formula is C16H28IN5O. The molecule has 0 aromatic carbocycles. The van der Waals surface area contributed by atoms with Crippen LogP contribution in [-0.2, 0) is 11.3 Å². The van der Waals surface area contributed by atoms with Crippen LogP contribution in [-0.4, -0.2) is 44.3 Å². The van der Waals surface area contributed by atoms with Gasteiger partial charge >= 0.3 is 0 Å². The van der Waals surface area contributed by atoms with Crippen LogP contribution in [0.4, 0.5) is 5.82 Å². The molecule has 0 aliphatic carbocycles. The second-order valence-electron chi connectivity index (χ2n) is 5.54. The van der Waals surface area contributed by atoms with Gasteiger partial charge < -0.3 is 20.7 Å². The van der Waals surface area contributed by atoms with Crippen molar-refractivity contribution in [3.05, 3.63) is 23.9 Å². The fraction of sp³-hybridized carbons (Fsp3) is 0.625. The molecular weight excluding hydrogens is 405 g/mol. The van der Waals surface area contributed by atoms with Crippen LogP contribution in [0.3, 0.4) is 0 Å². The smallest absolute Gasteiger partial charge is 0.188 e. The number of hydrogen-bond acceptors (Lipinski definition) is 4. The molecule has 0 radical (unpaired) electrons. The normalized spacial score (nSPS) is 15.7. The van der Waals surface area contributed by atoms with Gasteiger partial charge in [-0.1, -0.05) is 12.8 Å². The molecule has 1 aliphatic heterocycles. The Labute approximate surface area is 155 Å². The van der Waals surface area contributed by atoms with E-state index < -0.39 is 0 Å². The Morgan fingerprint density at radius 3 is 2.78 bits per heavy atom. The van der Waals surface area contributed by atoms with E-state index in [9.17, 15) is 0 Å². The first-order valence-electron chi connectivity index (χ1n) is 8.02. The fourth-order valence-corrected chi connectivity index (χ4v) is 2.55. The quantitative estimate of drug-likeness (QED) is 0.311. The van der Waals surface area contributed by atoms with Crippen molar-refractivity contribution in [1.29, 1.82) is 0 Å². The van der Waals surface area contributed by atoms with Crippen molar-refractivity contribution in [2.24, 2.45) is 10.7 Å². The third-order valence-corrected chi connectivity index (χ3v) is 3.78. The lowest BCUT2D eigenvalue weighted by atomic mass is 10.2. The minimum absolute atomic E-state index is 0. The highest BCUT2D eigenvalue weighted by Gasteiger charge is 2.11. The van der Waals surface area contributed by atoms with E-state index in [0.717, 1.165) is 24.5 Å². The molecule has 1 aromatic rings. The highest BCUT2D eigenvalue weighted by molar-refractivity contribution is 14.0. The zero-order valence-electron chi connectivity index (χ0n) is 13.8. The Morgan fingerprint density at radius 1 is 1.35 bits per heavy atom. The first-order chi connectivity index (χ1) is 10.8. The van der Waals surface area contributed by atoms with Crippen LogP contribution < -0.4 is 16.0 Å². The Morgan fingerprint density at radius 2 is 2.09 bits per heavy atom. The average Bonchev–Trinajstić information content (AvgIpc) is 2.83. The monoisotopic (exact) mass is 433 g/mol. The molecule has 0 amide bonds. The minimum atomic E-state index is 0.